The smallest absolute Gasteiger partial charge is 0.0622 e. The summed E-state index contributed by atoms with van der Waals surface area (Å²) in [6.07, 6.45) is 10.2. The molecule has 0 saturated heterocycles. The molecule has 0 saturated carbocycles. The largest absolute Gasteiger partial charge is 0.160 e. The van der Waals surface area contributed by atoms with Crippen LogP contribution in [0.5, 0.6) is 0 Å². The van der Waals surface area contributed by atoms with E-state index in [0.717, 1.165) is 6.42 Å². The van der Waals surface area contributed by atoms with E-state index < -0.39 is 0 Å². The van der Waals surface area contributed by atoms with Crippen molar-refractivity contribution in [2.24, 2.45) is 0 Å². The molecule has 0 unspecified atom stereocenters. The van der Waals surface area contributed by atoms with Crippen molar-refractivity contribution in [3.8, 4) is 0 Å². The maximum Gasteiger partial charge on any atom is 0.160 e. The molecule has 2 aromatic rings. The Bertz CT molecular complexity index is 478. The van der Waals surface area contributed by atoms with Crippen LogP contribution in [0.2, 0.25) is 0 Å². The van der Waals surface area contributed by atoms with Gasteiger partial charge in [0.2, 0.25) is 0 Å². The molecule has 0 aliphatic carbocycles. The van der Waals surface area contributed by atoms with Crippen LogP contribution in [0.4, 0.5) is 0 Å². The number of allylic oxidation sites excluding steroid dienone is 3. The first-order chi connectivity index (χ1) is 8.45. The van der Waals surface area contributed by atoms with Crippen molar-refractivity contribution in [2.75, 3.05) is 0 Å². The third-order valence-corrected chi connectivity index (χ3v) is 2.47. The Morgan fingerprint density at radius 3 is 2.18 bits per heavy atom. The predicted molar refractivity (Wildman–Crippen MR) is 73.4 cm³/mol. The highest BCUT2D eigenvalue weighted by Crippen LogP contribution is 2.02. The average Bonchev–Trinajstić information content (AvgIpc) is 2.41. The molecule has 0 atom stereocenters. The minimum absolute atomic E-state index is 0.931. The molecule has 0 heteroatoms. The summed E-state index contributed by atoms with van der Waals surface area (Å²) in [5.74, 6) is 0. The SMILES string of the molecule is [C+](=CCc1ccccc1)/C=C/c1ccccc1. The number of hydrogen-bond donors (Lipinski definition) is 0. The molecule has 0 radical (unpaired) electrons. The molecule has 0 aliphatic rings. The van der Waals surface area contributed by atoms with Crippen LogP contribution in [0.1, 0.15) is 11.1 Å². The molecule has 0 aliphatic heterocycles. The summed E-state index contributed by atoms with van der Waals surface area (Å²) in [6.45, 7) is 0. The Kier molecular flexibility index (Phi) is 4.28. The van der Waals surface area contributed by atoms with Crippen molar-refractivity contribution in [3.05, 3.63) is 90.0 Å². The van der Waals surface area contributed by atoms with Gasteiger partial charge in [-0.15, -0.1) is 0 Å². The van der Waals surface area contributed by atoms with Crippen LogP contribution in [0, 0.1) is 6.08 Å². The molecule has 0 heterocycles. The monoisotopic (exact) mass is 219 g/mol. The molecular weight excluding hydrogens is 204 g/mol. The standard InChI is InChI=1S/C17H15/c1-4-10-16(11-5-1)14-8-3-9-15-17-12-6-2-7-13-17/h1-2,4-14H,15H2/q+1/b14-8+. The highest BCUT2D eigenvalue weighted by molar-refractivity contribution is 5.49. The normalized spacial score (nSPS) is 10.8. The maximum atomic E-state index is 3.18. The number of benzene rings is 2. The molecule has 0 N–H and O–H groups in total. The van der Waals surface area contributed by atoms with Gasteiger partial charge in [0.25, 0.3) is 0 Å². The third-order valence-electron chi connectivity index (χ3n) is 2.47. The average molecular weight is 219 g/mol. The Morgan fingerprint density at radius 2 is 1.47 bits per heavy atom. The molecule has 0 spiro atoms. The van der Waals surface area contributed by atoms with Crippen LogP contribution in [-0.4, -0.2) is 0 Å². The van der Waals surface area contributed by atoms with Crippen LogP contribution in [-0.2, 0) is 6.42 Å². The molecule has 0 aromatic heterocycles. The zero-order chi connectivity index (χ0) is 11.8. The quantitative estimate of drug-likeness (QED) is 0.531. The van der Waals surface area contributed by atoms with Gasteiger partial charge in [0.1, 0.15) is 0 Å². The summed E-state index contributed by atoms with van der Waals surface area (Å²) >= 11 is 0. The summed E-state index contributed by atoms with van der Waals surface area (Å²) in [6, 6.07) is 20.6. The molecule has 17 heavy (non-hydrogen) atoms. The van der Waals surface area contributed by atoms with Gasteiger partial charge in [-0.3, -0.25) is 0 Å². The van der Waals surface area contributed by atoms with Crippen molar-refractivity contribution in [1.82, 2.24) is 0 Å². The fourth-order valence-electron chi connectivity index (χ4n) is 1.57. The Hall–Kier alpha value is -2.17. The second-order valence-electron chi connectivity index (χ2n) is 3.80. The summed E-state index contributed by atoms with van der Waals surface area (Å²) in [5.41, 5.74) is 2.52. The van der Waals surface area contributed by atoms with E-state index in [0.29, 0.717) is 0 Å². The maximum absolute atomic E-state index is 3.18. The zero-order valence-electron chi connectivity index (χ0n) is 9.71. The minimum Gasteiger partial charge on any atom is -0.0622 e. The Labute approximate surface area is 103 Å². The van der Waals surface area contributed by atoms with Crippen molar-refractivity contribution < 1.29 is 0 Å². The van der Waals surface area contributed by atoms with Gasteiger partial charge in [-0.25, -0.2) is 0 Å². The van der Waals surface area contributed by atoms with Crippen molar-refractivity contribution in [3.63, 3.8) is 0 Å². The van der Waals surface area contributed by atoms with E-state index in [2.05, 4.69) is 54.6 Å². The second-order valence-corrected chi connectivity index (χ2v) is 3.80. The summed E-state index contributed by atoms with van der Waals surface area (Å²) in [5, 5.41) is 0. The van der Waals surface area contributed by atoms with Crippen LogP contribution < -0.4 is 0 Å². The van der Waals surface area contributed by atoms with Crippen molar-refractivity contribution in [2.45, 2.75) is 6.42 Å². The Morgan fingerprint density at radius 1 is 0.824 bits per heavy atom. The molecule has 2 rings (SSSR count). The molecule has 0 bridgehead atoms. The second kappa shape index (κ2) is 6.42. The van der Waals surface area contributed by atoms with Gasteiger partial charge < -0.3 is 0 Å². The molecule has 82 valence electrons. The van der Waals surface area contributed by atoms with Gasteiger partial charge in [-0.05, 0) is 17.7 Å². The van der Waals surface area contributed by atoms with Gasteiger partial charge in [0, 0.05) is 6.42 Å². The van der Waals surface area contributed by atoms with E-state index in [-0.39, 0.29) is 0 Å². The fourth-order valence-corrected chi connectivity index (χ4v) is 1.57. The lowest BCUT2D eigenvalue weighted by Crippen LogP contribution is -1.77. The number of rotatable bonds is 4. The van der Waals surface area contributed by atoms with Gasteiger partial charge in [-0.2, -0.15) is 0 Å². The van der Waals surface area contributed by atoms with Crippen LogP contribution >= 0.6 is 0 Å². The van der Waals surface area contributed by atoms with Gasteiger partial charge in [-0.1, -0.05) is 48.5 Å². The molecule has 0 nitrogen and oxygen atoms in total. The lowest BCUT2D eigenvalue weighted by molar-refractivity contribution is 1.26. The van der Waals surface area contributed by atoms with Crippen LogP contribution in [0.25, 0.3) is 6.08 Å². The first-order valence-corrected chi connectivity index (χ1v) is 5.78. The number of hydrogen-bond acceptors (Lipinski definition) is 0. The van der Waals surface area contributed by atoms with Gasteiger partial charge in [0.05, 0.1) is 23.8 Å². The van der Waals surface area contributed by atoms with Gasteiger partial charge >= 0.3 is 0 Å². The van der Waals surface area contributed by atoms with E-state index in [4.69, 9.17) is 0 Å². The summed E-state index contributed by atoms with van der Waals surface area (Å²) in [7, 11) is 0. The topological polar surface area (TPSA) is 0 Å². The van der Waals surface area contributed by atoms with E-state index >= 15 is 0 Å². The molecule has 0 fully saturated rings. The van der Waals surface area contributed by atoms with E-state index in [1.165, 1.54) is 11.1 Å². The zero-order valence-corrected chi connectivity index (χ0v) is 9.71. The van der Waals surface area contributed by atoms with Crippen molar-refractivity contribution >= 4 is 6.08 Å². The van der Waals surface area contributed by atoms with E-state index in [1.807, 2.05) is 30.3 Å². The first kappa shape index (κ1) is 11.3. The summed E-state index contributed by atoms with van der Waals surface area (Å²) < 4.78 is 0. The van der Waals surface area contributed by atoms with Crippen molar-refractivity contribution in [1.29, 1.82) is 0 Å². The lowest BCUT2D eigenvalue weighted by Gasteiger charge is -1.90. The molecule has 0 amide bonds. The summed E-state index contributed by atoms with van der Waals surface area (Å²) in [4.78, 5) is 0. The minimum atomic E-state index is 0.931. The highest BCUT2D eigenvalue weighted by Gasteiger charge is 1.90. The fraction of sp³-hybridized carbons (Fsp3) is 0.0588. The van der Waals surface area contributed by atoms with Crippen LogP contribution in [0.15, 0.2) is 72.8 Å². The lowest BCUT2D eigenvalue weighted by atomic mass is 10.1. The van der Waals surface area contributed by atoms with E-state index in [9.17, 15) is 0 Å². The van der Waals surface area contributed by atoms with Gasteiger partial charge in [0.15, 0.2) is 6.08 Å². The predicted octanol–water partition coefficient (Wildman–Crippen LogP) is 4.30. The van der Waals surface area contributed by atoms with E-state index in [1.54, 1.807) is 0 Å². The first-order valence-electron chi connectivity index (χ1n) is 5.78. The molecular formula is C17H15+. The molecule has 2 aromatic carbocycles. The van der Waals surface area contributed by atoms with Crippen LogP contribution in [0.3, 0.4) is 0 Å². The Balaban J connectivity index is 1.85. The third kappa shape index (κ3) is 4.06. The highest BCUT2D eigenvalue weighted by atomic mass is 13.9.